The number of ether oxygens (including phenoxy) is 1. The van der Waals surface area contributed by atoms with Crippen LogP contribution < -0.4 is 4.74 Å². The molecule has 0 saturated carbocycles. The van der Waals surface area contributed by atoms with Crippen molar-refractivity contribution in [3.63, 3.8) is 0 Å². The van der Waals surface area contributed by atoms with Gasteiger partial charge in [0.25, 0.3) is 0 Å². The maximum Gasteiger partial charge on any atom is 0.235 e. The summed E-state index contributed by atoms with van der Waals surface area (Å²) in [6, 6.07) is 5.92. The summed E-state index contributed by atoms with van der Waals surface area (Å²) in [6.45, 7) is 8.28. The van der Waals surface area contributed by atoms with Crippen LogP contribution in [0.2, 0.25) is 0 Å². The van der Waals surface area contributed by atoms with Crippen LogP contribution >= 0.6 is 10.7 Å². The Kier molecular flexibility index (Phi) is 4.67. The Morgan fingerprint density at radius 1 is 1.28 bits per heavy atom. The maximum absolute atomic E-state index is 10.9. The lowest BCUT2D eigenvalue weighted by Crippen LogP contribution is -2.16. The first-order valence-electron chi connectivity index (χ1n) is 5.76. The average molecular weight is 291 g/mol. The molecule has 0 aliphatic heterocycles. The third kappa shape index (κ3) is 4.50. The zero-order valence-corrected chi connectivity index (χ0v) is 12.7. The van der Waals surface area contributed by atoms with Gasteiger partial charge in [0.15, 0.2) is 0 Å². The minimum atomic E-state index is -3.51. The average Bonchev–Trinajstić information content (AvgIpc) is 2.16. The van der Waals surface area contributed by atoms with Crippen molar-refractivity contribution in [3.8, 4) is 5.75 Å². The smallest absolute Gasteiger partial charge is 0.235 e. The topological polar surface area (TPSA) is 43.4 Å². The molecule has 0 aliphatic rings. The summed E-state index contributed by atoms with van der Waals surface area (Å²) >= 11 is 0. The van der Waals surface area contributed by atoms with Crippen molar-refractivity contribution < 1.29 is 13.2 Å². The zero-order valence-electron chi connectivity index (χ0n) is 11.2. The van der Waals surface area contributed by atoms with Gasteiger partial charge in [-0.2, -0.15) is 0 Å². The van der Waals surface area contributed by atoms with Gasteiger partial charge in [-0.1, -0.05) is 39.0 Å². The van der Waals surface area contributed by atoms with E-state index in [1.807, 2.05) is 25.1 Å². The summed E-state index contributed by atoms with van der Waals surface area (Å²) in [4.78, 5) is 0. The van der Waals surface area contributed by atoms with Gasteiger partial charge in [-0.05, 0) is 23.5 Å². The predicted molar refractivity (Wildman–Crippen MR) is 75.0 cm³/mol. The summed E-state index contributed by atoms with van der Waals surface area (Å²) in [6.07, 6.45) is 0. The molecule has 0 atom stereocenters. The van der Waals surface area contributed by atoms with Crippen LogP contribution in [0.1, 0.15) is 31.9 Å². The first-order chi connectivity index (χ1) is 8.11. The van der Waals surface area contributed by atoms with E-state index in [-0.39, 0.29) is 17.8 Å². The standard InChI is InChI=1S/C13H19ClO3S/c1-10-6-5-7-11(13(2,3)4)12(10)17-8-9-18(14,15)16/h5-7H,8-9H2,1-4H3. The van der Waals surface area contributed by atoms with E-state index in [1.165, 1.54) is 0 Å². The molecule has 0 fully saturated rings. The Morgan fingerprint density at radius 2 is 1.89 bits per heavy atom. The van der Waals surface area contributed by atoms with Crippen molar-refractivity contribution in [2.45, 2.75) is 33.1 Å². The number of aryl methyl sites for hydroxylation is 1. The highest BCUT2D eigenvalue weighted by atomic mass is 35.7. The normalized spacial score (nSPS) is 12.5. The van der Waals surface area contributed by atoms with E-state index in [1.54, 1.807) is 0 Å². The molecule has 102 valence electrons. The van der Waals surface area contributed by atoms with E-state index in [0.717, 1.165) is 16.9 Å². The molecule has 0 spiro atoms. The highest BCUT2D eigenvalue weighted by molar-refractivity contribution is 8.13. The second kappa shape index (κ2) is 5.49. The minimum absolute atomic E-state index is 0.0544. The molecule has 3 nitrogen and oxygen atoms in total. The first kappa shape index (κ1) is 15.3. The number of para-hydroxylation sites is 1. The van der Waals surface area contributed by atoms with Gasteiger partial charge < -0.3 is 4.74 Å². The third-order valence-corrected chi connectivity index (χ3v) is 3.71. The van der Waals surface area contributed by atoms with Gasteiger partial charge in [0, 0.05) is 10.7 Å². The molecule has 0 saturated heterocycles. The van der Waals surface area contributed by atoms with Crippen LogP contribution in [0, 0.1) is 6.92 Å². The molecule has 1 rings (SSSR count). The fraction of sp³-hybridized carbons (Fsp3) is 0.538. The van der Waals surface area contributed by atoms with Gasteiger partial charge in [0.2, 0.25) is 9.05 Å². The first-order valence-corrected chi connectivity index (χ1v) is 8.24. The Balaban J connectivity index is 2.94. The summed E-state index contributed by atoms with van der Waals surface area (Å²) in [5.74, 6) is 0.567. The molecule has 0 bridgehead atoms. The molecule has 5 heteroatoms. The Labute approximate surface area is 114 Å². The van der Waals surface area contributed by atoms with E-state index < -0.39 is 9.05 Å². The van der Waals surface area contributed by atoms with Gasteiger partial charge in [-0.15, -0.1) is 0 Å². The van der Waals surface area contributed by atoms with Crippen molar-refractivity contribution >= 4 is 19.7 Å². The van der Waals surface area contributed by atoms with Crippen LogP contribution in [0.3, 0.4) is 0 Å². The largest absolute Gasteiger partial charge is 0.492 e. The monoisotopic (exact) mass is 290 g/mol. The molecule has 0 aromatic heterocycles. The zero-order chi connectivity index (χ0) is 14.0. The quantitative estimate of drug-likeness (QED) is 0.800. The van der Waals surface area contributed by atoms with Crippen molar-refractivity contribution in [1.82, 2.24) is 0 Å². The van der Waals surface area contributed by atoms with Crippen LogP contribution in [0.4, 0.5) is 0 Å². The fourth-order valence-electron chi connectivity index (χ4n) is 1.68. The van der Waals surface area contributed by atoms with Gasteiger partial charge >= 0.3 is 0 Å². The predicted octanol–water partition coefficient (Wildman–Crippen LogP) is 3.24. The summed E-state index contributed by atoms with van der Waals surface area (Å²) in [7, 11) is 1.65. The molecule has 1 aromatic rings. The van der Waals surface area contributed by atoms with Crippen LogP contribution in [0.15, 0.2) is 18.2 Å². The molecule has 18 heavy (non-hydrogen) atoms. The van der Waals surface area contributed by atoms with Crippen LogP contribution in [-0.2, 0) is 14.5 Å². The number of hydrogen-bond donors (Lipinski definition) is 0. The molecule has 1 aromatic carbocycles. The van der Waals surface area contributed by atoms with Crippen molar-refractivity contribution in [1.29, 1.82) is 0 Å². The third-order valence-electron chi connectivity index (χ3n) is 2.59. The summed E-state index contributed by atoms with van der Waals surface area (Å²) in [5, 5.41) is 0. The van der Waals surface area contributed by atoms with Crippen LogP contribution in [0.5, 0.6) is 5.75 Å². The molecule has 0 N–H and O–H groups in total. The number of rotatable bonds is 4. The van der Waals surface area contributed by atoms with E-state index >= 15 is 0 Å². The SMILES string of the molecule is Cc1cccc(C(C)(C)C)c1OCCS(=O)(=O)Cl. The van der Waals surface area contributed by atoms with Crippen molar-refractivity contribution in [2.75, 3.05) is 12.4 Å². The summed E-state index contributed by atoms with van der Waals surface area (Å²) in [5.41, 5.74) is 2.00. The Morgan fingerprint density at radius 3 is 2.39 bits per heavy atom. The second-order valence-electron chi connectivity index (χ2n) is 5.29. The lowest BCUT2D eigenvalue weighted by Gasteiger charge is -2.24. The highest BCUT2D eigenvalue weighted by Gasteiger charge is 2.20. The van der Waals surface area contributed by atoms with E-state index in [0.29, 0.717) is 0 Å². The van der Waals surface area contributed by atoms with Gasteiger partial charge in [0.1, 0.15) is 12.4 Å². The minimum Gasteiger partial charge on any atom is -0.492 e. The lowest BCUT2D eigenvalue weighted by atomic mass is 9.85. The highest BCUT2D eigenvalue weighted by Crippen LogP contribution is 2.33. The van der Waals surface area contributed by atoms with E-state index in [4.69, 9.17) is 15.4 Å². The van der Waals surface area contributed by atoms with Gasteiger partial charge in [-0.3, -0.25) is 0 Å². The number of halogens is 1. The van der Waals surface area contributed by atoms with Gasteiger partial charge in [-0.25, -0.2) is 8.42 Å². The van der Waals surface area contributed by atoms with Crippen molar-refractivity contribution in [2.24, 2.45) is 0 Å². The lowest BCUT2D eigenvalue weighted by molar-refractivity contribution is 0.328. The molecule has 0 aliphatic carbocycles. The molecule has 0 radical (unpaired) electrons. The molecule has 0 heterocycles. The number of benzene rings is 1. The van der Waals surface area contributed by atoms with Crippen molar-refractivity contribution in [3.05, 3.63) is 29.3 Å². The summed E-state index contributed by atoms with van der Waals surface area (Å²) < 4.78 is 27.4. The van der Waals surface area contributed by atoms with E-state index in [9.17, 15) is 8.42 Å². The van der Waals surface area contributed by atoms with Crippen LogP contribution in [0.25, 0.3) is 0 Å². The Hall–Kier alpha value is -0.740. The van der Waals surface area contributed by atoms with Crippen LogP contribution in [-0.4, -0.2) is 20.8 Å². The second-order valence-corrected chi connectivity index (χ2v) is 8.19. The van der Waals surface area contributed by atoms with E-state index in [2.05, 4.69) is 20.8 Å². The molecule has 0 unspecified atom stereocenters. The fourth-order valence-corrected chi connectivity index (χ4v) is 2.15. The molecular weight excluding hydrogens is 272 g/mol. The molecular formula is C13H19ClO3S. The van der Waals surface area contributed by atoms with Gasteiger partial charge in [0.05, 0.1) is 5.75 Å². The number of hydrogen-bond acceptors (Lipinski definition) is 3. The maximum atomic E-state index is 10.9. The Bertz CT molecular complexity index is 516. The molecule has 0 amide bonds.